The third-order valence-electron chi connectivity index (χ3n) is 12.0. The monoisotopic (exact) mass is 1060 g/mol. The average Bonchev–Trinajstić information content (AvgIpc) is 3.86. The fourth-order valence-corrected chi connectivity index (χ4v) is 8.63. The molecule has 0 fully saturated rings. The van der Waals surface area contributed by atoms with Gasteiger partial charge in [0, 0.05) is 41.3 Å². The predicted octanol–water partition coefficient (Wildman–Crippen LogP) is 14.5. The molecule has 10 rings (SSSR count). The van der Waals surface area contributed by atoms with E-state index in [-0.39, 0.29) is 31.9 Å². The summed E-state index contributed by atoms with van der Waals surface area (Å²) in [4.78, 5) is 9.68. The summed E-state index contributed by atoms with van der Waals surface area (Å²) >= 11 is 0. The Morgan fingerprint density at radius 2 is 1.25 bits per heavy atom. The number of rotatable bonds is 8. The standard InChI is InChI=1S/C60H55N5O.Pt/c1-58(2,3)38-40-26-28-62-57(30-40)65-52-24-20-43(41-16-12-10-13-17-41)33-51(52)50-23-22-48(36-54(50)65)66-49-27-29-61-56(37-49)64-39-63(55-35-45(59(4,5)6)21-25-53(55)64)47-32-44(42-18-14-11-15-19-42)31-46(34-47)60(7,8)9;/h10-35H,38H2,1-9H3;/q-2;/i38D2;. The molecular formula is C60H55N5OPt-2. The number of hydrogen-bond donors (Lipinski definition) is 0. The Balaban J connectivity index is 0.00000593. The van der Waals surface area contributed by atoms with Crippen LogP contribution in [0.3, 0.4) is 0 Å². The third kappa shape index (κ3) is 9.25. The van der Waals surface area contributed by atoms with E-state index in [4.69, 9.17) is 17.4 Å². The van der Waals surface area contributed by atoms with Crippen molar-refractivity contribution in [1.82, 2.24) is 19.1 Å². The maximum absolute atomic E-state index is 9.11. The first kappa shape index (κ1) is 43.0. The molecule has 0 aliphatic rings. The number of fused-ring (bicyclic) bond motifs is 4. The van der Waals surface area contributed by atoms with E-state index >= 15 is 0 Å². The van der Waals surface area contributed by atoms with Crippen LogP contribution in [-0.4, -0.2) is 19.1 Å². The Morgan fingerprint density at radius 3 is 1.96 bits per heavy atom. The van der Waals surface area contributed by atoms with Crippen molar-refractivity contribution in [1.29, 1.82) is 0 Å². The summed E-state index contributed by atoms with van der Waals surface area (Å²) in [6.45, 7) is 19.2. The van der Waals surface area contributed by atoms with Crippen LogP contribution in [0, 0.1) is 23.9 Å². The summed E-state index contributed by atoms with van der Waals surface area (Å²) in [5.74, 6) is 2.07. The minimum atomic E-state index is -1.62. The van der Waals surface area contributed by atoms with Crippen molar-refractivity contribution in [2.75, 3.05) is 0 Å². The van der Waals surface area contributed by atoms with Gasteiger partial charge in [-0.3, -0.25) is 14.1 Å². The van der Waals surface area contributed by atoms with E-state index in [9.17, 15) is 0 Å². The normalized spacial score (nSPS) is 12.9. The molecule has 0 bridgehead atoms. The second-order valence-corrected chi connectivity index (χ2v) is 20.3. The Kier molecular flexibility index (Phi) is 11.3. The van der Waals surface area contributed by atoms with Gasteiger partial charge >= 0.3 is 0 Å². The molecule has 0 saturated carbocycles. The summed E-state index contributed by atoms with van der Waals surface area (Å²) in [5.41, 5.74) is 11.3. The van der Waals surface area contributed by atoms with Crippen molar-refractivity contribution in [3.8, 4) is 51.1 Å². The fraction of sp³-hybridized carbons (Fsp3) is 0.217. The predicted molar refractivity (Wildman–Crippen MR) is 269 cm³/mol. The smallest absolute Gasteiger partial charge is 0.269 e. The first-order valence-corrected chi connectivity index (χ1v) is 22.6. The van der Waals surface area contributed by atoms with Gasteiger partial charge in [-0.25, -0.2) is 4.98 Å². The Labute approximate surface area is 412 Å². The van der Waals surface area contributed by atoms with E-state index in [0.717, 1.165) is 60.8 Å². The Hall–Kier alpha value is -6.62. The molecule has 0 atom stereocenters. The second-order valence-electron chi connectivity index (χ2n) is 20.3. The van der Waals surface area contributed by atoms with Crippen LogP contribution >= 0.6 is 0 Å². The number of ether oxygens (including phenoxy) is 1. The molecule has 6 nitrogen and oxygen atoms in total. The van der Waals surface area contributed by atoms with Crippen molar-refractivity contribution in [2.24, 2.45) is 5.41 Å². The van der Waals surface area contributed by atoms with Crippen LogP contribution in [0.25, 0.3) is 72.4 Å². The van der Waals surface area contributed by atoms with Crippen molar-refractivity contribution >= 4 is 32.8 Å². The molecule has 6 aromatic carbocycles. The molecule has 7 heteroatoms. The summed E-state index contributed by atoms with van der Waals surface area (Å²) in [7, 11) is 0. The van der Waals surface area contributed by atoms with E-state index in [1.807, 2.05) is 55.7 Å². The van der Waals surface area contributed by atoms with Crippen molar-refractivity contribution < 1.29 is 33.1 Å². The summed E-state index contributed by atoms with van der Waals surface area (Å²) in [5, 5.41) is 1.99. The molecule has 10 aromatic rings. The number of benzene rings is 6. The molecule has 0 aliphatic heterocycles. The third-order valence-corrected chi connectivity index (χ3v) is 12.0. The quantitative estimate of drug-likeness (QED) is 0.113. The van der Waals surface area contributed by atoms with Crippen molar-refractivity contribution in [3.05, 3.63) is 193 Å². The summed E-state index contributed by atoms with van der Waals surface area (Å²) in [6.07, 6.45) is 5.51. The van der Waals surface area contributed by atoms with Crippen molar-refractivity contribution in [2.45, 2.75) is 79.5 Å². The largest absolute Gasteiger partial charge is 0.522 e. The molecule has 0 aliphatic carbocycles. The van der Waals surface area contributed by atoms with Crippen LogP contribution in [0.4, 0.5) is 0 Å². The topological polar surface area (TPSA) is 48.8 Å². The number of pyridine rings is 2. The van der Waals surface area contributed by atoms with E-state index in [0.29, 0.717) is 28.7 Å². The molecule has 67 heavy (non-hydrogen) atoms. The number of imidazole rings is 1. The summed E-state index contributed by atoms with van der Waals surface area (Å²) in [6, 6.07) is 57.2. The van der Waals surface area contributed by atoms with Crippen molar-refractivity contribution in [3.63, 3.8) is 0 Å². The van der Waals surface area contributed by atoms with Crippen LogP contribution < -0.4 is 9.30 Å². The number of nitrogens with zero attached hydrogens (tertiary/aromatic N) is 5. The minimum Gasteiger partial charge on any atom is -0.522 e. The molecule has 0 saturated heterocycles. The molecular weight excluding hydrogens is 1000 g/mol. The molecule has 0 unspecified atom stereocenters. The minimum absolute atomic E-state index is 0. The van der Waals surface area contributed by atoms with E-state index in [1.165, 1.54) is 11.1 Å². The fourth-order valence-electron chi connectivity index (χ4n) is 8.63. The summed E-state index contributed by atoms with van der Waals surface area (Å²) < 4.78 is 31.0. The average molecular weight is 1060 g/mol. The SMILES string of the molecule is [2H]C([2H])(c1ccnc(-n2c3[c-]c(Oc4[c-]c(-n5[c-][n+](-c6cc(-c7ccccc7)cc(C(C)(C)C)c6)c6cc(C(C)(C)C)ccc65)ncc4)ccc3c3cc(-c4ccccc4)ccc32)c1)C(C)(C)C.[Pt]. The van der Waals surface area contributed by atoms with Gasteiger partial charge < -0.3 is 9.30 Å². The Morgan fingerprint density at radius 1 is 0.582 bits per heavy atom. The zero-order valence-electron chi connectivity index (χ0n) is 41.5. The van der Waals surface area contributed by atoms with Crippen LogP contribution in [-0.2, 0) is 38.3 Å². The molecule has 0 N–H and O–H groups in total. The van der Waals surface area contributed by atoms with Gasteiger partial charge in [0.1, 0.15) is 5.82 Å². The van der Waals surface area contributed by atoms with E-state index in [1.54, 1.807) is 24.5 Å². The zero-order chi connectivity index (χ0) is 47.8. The van der Waals surface area contributed by atoms with Crippen LogP contribution in [0.2, 0.25) is 0 Å². The molecule has 4 aromatic heterocycles. The van der Waals surface area contributed by atoms with Crippen LogP contribution in [0.5, 0.6) is 11.5 Å². The second kappa shape index (κ2) is 17.6. The van der Waals surface area contributed by atoms with E-state index in [2.05, 4.69) is 172 Å². The van der Waals surface area contributed by atoms with Gasteiger partial charge in [0.25, 0.3) is 6.33 Å². The first-order valence-electron chi connectivity index (χ1n) is 23.6. The molecule has 0 spiro atoms. The van der Waals surface area contributed by atoms with Crippen LogP contribution in [0.1, 0.15) is 81.7 Å². The van der Waals surface area contributed by atoms with Gasteiger partial charge in [0.2, 0.25) is 0 Å². The van der Waals surface area contributed by atoms with Gasteiger partial charge in [-0.15, -0.1) is 17.5 Å². The van der Waals surface area contributed by atoms with Gasteiger partial charge in [-0.1, -0.05) is 165 Å². The van der Waals surface area contributed by atoms with Gasteiger partial charge in [-0.2, -0.15) is 18.2 Å². The molecule has 338 valence electrons. The first-order chi connectivity index (χ1) is 32.3. The maximum atomic E-state index is 9.11. The number of aromatic nitrogens is 5. The number of hydrogen-bond acceptors (Lipinski definition) is 3. The Bertz CT molecular complexity index is 3520. The van der Waals surface area contributed by atoms with Gasteiger partial charge in [0.15, 0.2) is 0 Å². The zero-order valence-corrected chi connectivity index (χ0v) is 41.7. The van der Waals surface area contributed by atoms with Gasteiger partial charge in [-0.05, 0) is 109 Å². The molecule has 4 heterocycles. The van der Waals surface area contributed by atoms with Gasteiger partial charge in [0.05, 0.1) is 22.5 Å². The molecule has 0 amide bonds. The van der Waals surface area contributed by atoms with E-state index < -0.39 is 11.8 Å². The maximum Gasteiger partial charge on any atom is 0.269 e. The van der Waals surface area contributed by atoms with Crippen LogP contribution in [0.15, 0.2) is 158 Å². The molecule has 0 radical (unpaired) electrons.